The van der Waals surface area contributed by atoms with Crippen molar-refractivity contribution in [1.29, 1.82) is 0 Å². The molecule has 0 spiro atoms. The molecule has 19 heavy (non-hydrogen) atoms. The Balaban J connectivity index is 2.04. The molecule has 0 aliphatic carbocycles. The SMILES string of the molecule is O=C1CCN(c2ccc3cncc(Br)c3c2)C(=O)N1. The van der Waals surface area contributed by atoms with E-state index in [1.165, 1.54) is 0 Å². The van der Waals surface area contributed by atoms with E-state index in [1.807, 2.05) is 18.2 Å². The number of hydrogen-bond donors (Lipinski definition) is 1. The zero-order valence-electron chi connectivity index (χ0n) is 9.89. The fraction of sp³-hybridized carbons (Fsp3) is 0.154. The van der Waals surface area contributed by atoms with Crippen molar-refractivity contribution in [3.63, 3.8) is 0 Å². The third-order valence-electron chi connectivity index (χ3n) is 3.06. The first-order valence-corrected chi connectivity index (χ1v) is 6.59. The number of nitrogens with zero attached hydrogens (tertiary/aromatic N) is 2. The molecule has 6 heteroatoms. The summed E-state index contributed by atoms with van der Waals surface area (Å²) in [5, 5.41) is 4.29. The Hall–Kier alpha value is -1.95. The summed E-state index contributed by atoms with van der Waals surface area (Å²) in [5.41, 5.74) is 0.768. The van der Waals surface area contributed by atoms with Crippen LogP contribution in [0, 0.1) is 0 Å². The normalized spacial score (nSPS) is 15.7. The van der Waals surface area contributed by atoms with Crippen molar-refractivity contribution < 1.29 is 9.59 Å². The molecule has 1 aromatic carbocycles. The number of hydrogen-bond acceptors (Lipinski definition) is 3. The number of aromatic nitrogens is 1. The van der Waals surface area contributed by atoms with Gasteiger partial charge < -0.3 is 0 Å². The van der Waals surface area contributed by atoms with Crippen molar-refractivity contribution in [2.45, 2.75) is 6.42 Å². The Morgan fingerprint density at radius 3 is 2.89 bits per heavy atom. The molecule has 1 fully saturated rings. The van der Waals surface area contributed by atoms with Gasteiger partial charge in [0.25, 0.3) is 0 Å². The lowest BCUT2D eigenvalue weighted by atomic mass is 10.1. The van der Waals surface area contributed by atoms with Crippen LogP contribution in [0.15, 0.2) is 35.1 Å². The molecule has 3 amide bonds. The summed E-state index contributed by atoms with van der Waals surface area (Å²) in [6.45, 7) is 0.402. The van der Waals surface area contributed by atoms with Gasteiger partial charge in [-0.2, -0.15) is 0 Å². The molecule has 1 aliphatic heterocycles. The van der Waals surface area contributed by atoms with Crippen LogP contribution in [0.4, 0.5) is 10.5 Å². The number of imide groups is 1. The van der Waals surface area contributed by atoms with Gasteiger partial charge in [0, 0.05) is 46.3 Å². The van der Waals surface area contributed by atoms with Crippen molar-refractivity contribution in [2.75, 3.05) is 11.4 Å². The first-order chi connectivity index (χ1) is 9.15. The smallest absolute Gasteiger partial charge is 0.294 e. The van der Waals surface area contributed by atoms with Gasteiger partial charge in [-0.15, -0.1) is 0 Å². The minimum absolute atomic E-state index is 0.229. The van der Waals surface area contributed by atoms with Gasteiger partial charge in [-0.25, -0.2) is 4.79 Å². The molecule has 1 N–H and O–H groups in total. The number of rotatable bonds is 1. The van der Waals surface area contributed by atoms with Gasteiger partial charge in [-0.3, -0.25) is 20.0 Å². The second kappa shape index (κ2) is 4.62. The van der Waals surface area contributed by atoms with Crippen LogP contribution >= 0.6 is 15.9 Å². The summed E-state index contributed by atoms with van der Waals surface area (Å²) in [6, 6.07) is 5.30. The largest absolute Gasteiger partial charge is 0.328 e. The lowest BCUT2D eigenvalue weighted by molar-refractivity contribution is -0.120. The Kier molecular flexibility index (Phi) is 2.94. The van der Waals surface area contributed by atoms with E-state index in [4.69, 9.17) is 0 Å². The molecule has 0 bridgehead atoms. The predicted molar refractivity (Wildman–Crippen MR) is 74.9 cm³/mol. The molecule has 0 saturated carbocycles. The monoisotopic (exact) mass is 319 g/mol. The summed E-state index contributed by atoms with van der Waals surface area (Å²) in [6.07, 6.45) is 3.80. The van der Waals surface area contributed by atoms with Crippen LogP contribution in [0.2, 0.25) is 0 Å². The maximum Gasteiger partial charge on any atom is 0.328 e. The third-order valence-corrected chi connectivity index (χ3v) is 3.69. The van der Waals surface area contributed by atoms with E-state index < -0.39 is 0 Å². The molecule has 1 aromatic heterocycles. The average molecular weight is 320 g/mol. The van der Waals surface area contributed by atoms with Gasteiger partial charge >= 0.3 is 6.03 Å². The fourth-order valence-electron chi connectivity index (χ4n) is 2.09. The zero-order chi connectivity index (χ0) is 13.4. The Morgan fingerprint density at radius 1 is 1.26 bits per heavy atom. The highest BCUT2D eigenvalue weighted by molar-refractivity contribution is 9.10. The summed E-state index contributed by atoms with van der Waals surface area (Å²) < 4.78 is 0.875. The van der Waals surface area contributed by atoms with Crippen molar-refractivity contribution in [3.8, 4) is 0 Å². The van der Waals surface area contributed by atoms with E-state index >= 15 is 0 Å². The predicted octanol–water partition coefficient (Wildman–Crippen LogP) is 2.44. The van der Waals surface area contributed by atoms with Crippen molar-refractivity contribution >= 4 is 44.3 Å². The standard InChI is InChI=1S/C13H10BrN3O2/c14-11-7-15-6-8-1-2-9(5-10(8)11)17-4-3-12(18)16-13(17)19/h1-2,5-7H,3-4H2,(H,16,18,19). The number of benzene rings is 1. The zero-order valence-corrected chi connectivity index (χ0v) is 11.5. The van der Waals surface area contributed by atoms with Gasteiger partial charge in [-0.05, 0) is 28.1 Å². The number of nitrogens with one attached hydrogen (secondary N) is 1. The molecule has 0 unspecified atom stereocenters. The number of urea groups is 1. The van der Waals surface area contributed by atoms with Crippen LogP contribution in [0.3, 0.4) is 0 Å². The molecular formula is C13H10BrN3O2. The van der Waals surface area contributed by atoms with E-state index in [1.54, 1.807) is 17.3 Å². The van der Waals surface area contributed by atoms with Crippen LogP contribution in [-0.2, 0) is 4.79 Å². The average Bonchev–Trinajstić information content (AvgIpc) is 2.39. The number of carbonyl (C=O) groups excluding carboxylic acids is 2. The van der Waals surface area contributed by atoms with E-state index in [0.29, 0.717) is 13.0 Å². The number of halogens is 1. The van der Waals surface area contributed by atoms with E-state index in [2.05, 4.69) is 26.2 Å². The van der Waals surface area contributed by atoms with Crippen LogP contribution < -0.4 is 10.2 Å². The first-order valence-electron chi connectivity index (χ1n) is 5.80. The maximum atomic E-state index is 11.8. The Labute approximate surface area is 117 Å². The summed E-state index contributed by atoms with van der Waals surface area (Å²) in [5.74, 6) is -0.229. The molecule has 1 saturated heterocycles. The van der Waals surface area contributed by atoms with Gasteiger partial charge in [0.15, 0.2) is 0 Å². The van der Waals surface area contributed by atoms with Gasteiger partial charge in [0.05, 0.1) is 0 Å². The van der Waals surface area contributed by atoms with Gasteiger partial charge in [-0.1, -0.05) is 6.07 Å². The highest BCUT2D eigenvalue weighted by atomic mass is 79.9. The maximum absolute atomic E-state index is 11.8. The highest BCUT2D eigenvalue weighted by Crippen LogP contribution is 2.28. The van der Waals surface area contributed by atoms with Crippen LogP contribution in [-0.4, -0.2) is 23.5 Å². The third kappa shape index (κ3) is 2.19. The fourth-order valence-corrected chi connectivity index (χ4v) is 2.56. The summed E-state index contributed by atoms with van der Waals surface area (Å²) >= 11 is 3.44. The number of fused-ring (bicyclic) bond motifs is 1. The van der Waals surface area contributed by atoms with Crippen molar-refractivity contribution in [2.24, 2.45) is 0 Å². The van der Waals surface area contributed by atoms with Crippen LogP contribution in [0.1, 0.15) is 6.42 Å². The minimum Gasteiger partial charge on any atom is -0.294 e. The van der Waals surface area contributed by atoms with Crippen LogP contribution in [0.25, 0.3) is 10.8 Å². The number of carbonyl (C=O) groups is 2. The molecule has 0 radical (unpaired) electrons. The summed E-state index contributed by atoms with van der Waals surface area (Å²) in [7, 11) is 0. The Morgan fingerprint density at radius 2 is 2.11 bits per heavy atom. The number of pyridine rings is 1. The molecule has 2 heterocycles. The number of amides is 3. The van der Waals surface area contributed by atoms with Crippen molar-refractivity contribution in [1.82, 2.24) is 10.3 Å². The van der Waals surface area contributed by atoms with Gasteiger partial charge in [0.2, 0.25) is 5.91 Å². The molecule has 5 nitrogen and oxygen atoms in total. The molecule has 1 aliphatic rings. The van der Waals surface area contributed by atoms with Gasteiger partial charge in [0.1, 0.15) is 0 Å². The topological polar surface area (TPSA) is 62.3 Å². The Bertz CT molecular complexity index is 687. The van der Waals surface area contributed by atoms with Crippen LogP contribution in [0.5, 0.6) is 0 Å². The molecule has 2 aromatic rings. The molecule has 96 valence electrons. The molecule has 3 rings (SSSR count). The second-order valence-electron chi connectivity index (χ2n) is 4.28. The minimum atomic E-state index is -0.374. The van der Waals surface area contributed by atoms with E-state index in [-0.39, 0.29) is 11.9 Å². The second-order valence-corrected chi connectivity index (χ2v) is 5.14. The lowest BCUT2D eigenvalue weighted by Gasteiger charge is -2.26. The first kappa shape index (κ1) is 12.1. The summed E-state index contributed by atoms with van der Waals surface area (Å²) in [4.78, 5) is 28.6. The van der Waals surface area contributed by atoms with E-state index in [0.717, 1.165) is 20.9 Å². The lowest BCUT2D eigenvalue weighted by Crippen LogP contribution is -2.49. The quantitative estimate of drug-likeness (QED) is 0.878. The van der Waals surface area contributed by atoms with Crippen molar-refractivity contribution in [3.05, 3.63) is 35.1 Å². The molecular weight excluding hydrogens is 310 g/mol. The molecule has 0 atom stereocenters. The number of anilines is 1. The van der Waals surface area contributed by atoms with E-state index in [9.17, 15) is 9.59 Å². The highest BCUT2D eigenvalue weighted by Gasteiger charge is 2.24.